The number of hydrogen-bond donors (Lipinski definition) is 3. The van der Waals surface area contributed by atoms with Gasteiger partial charge in [0, 0.05) is 13.1 Å². The van der Waals surface area contributed by atoms with Gasteiger partial charge in [0.25, 0.3) is 0 Å². The molecule has 1 aromatic carbocycles. The fourth-order valence-electron chi connectivity index (χ4n) is 2.10. The van der Waals surface area contributed by atoms with E-state index in [2.05, 4.69) is 15.0 Å². The lowest BCUT2D eigenvalue weighted by atomic mass is 10.2. The number of hydrogen-bond acceptors (Lipinski definition) is 6. The molecule has 2 rings (SSSR count). The van der Waals surface area contributed by atoms with E-state index >= 15 is 0 Å². The highest BCUT2D eigenvalue weighted by atomic mass is 35.5. The molecule has 0 bridgehead atoms. The SMILES string of the molecule is COc1ccc(CN=C(N)NCCNS(=O)(=O)c2ccc(Cl)s2)cc1OC. The number of rotatable bonds is 9. The zero-order valence-corrected chi connectivity index (χ0v) is 17.2. The second-order valence-corrected chi connectivity index (χ2v) is 8.98. The molecular weight excluding hydrogens is 412 g/mol. The first kappa shape index (κ1) is 21.3. The predicted molar refractivity (Wildman–Crippen MR) is 107 cm³/mol. The summed E-state index contributed by atoms with van der Waals surface area (Å²) in [6.07, 6.45) is 0. The molecule has 0 fully saturated rings. The number of ether oxygens (including phenoxy) is 2. The van der Waals surface area contributed by atoms with Crippen molar-refractivity contribution in [1.82, 2.24) is 10.0 Å². The summed E-state index contributed by atoms with van der Waals surface area (Å²) in [5.41, 5.74) is 6.70. The predicted octanol–water partition coefficient (Wildman–Crippen LogP) is 1.80. The van der Waals surface area contributed by atoms with Crippen molar-refractivity contribution in [3.63, 3.8) is 0 Å². The maximum Gasteiger partial charge on any atom is 0.250 e. The van der Waals surface area contributed by atoms with Crippen molar-refractivity contribution in [3.8, 4) is 11.5 Å². The van der Waals surface area contributed by atoms with Crippen molar-refractivity contribution in [3.05, 3.63) is 40.2 Å². The number of halogens is 1. The van der Waals surface area contributed by atoms with Gasteiger partial charge in [0.2, 0.25) is 10.0 Å². The molecule has 11 heteroatoms. The molecule has 0 aliphatic heterocycles. The van der Waals surface area contributed by atoms with Gasteiger partial charge in [-0.05, 0) is 29.8 Å². The third kappa shape index (κ3) is 6.28. The van der Waals surface area contributed by atoms with Crippen molar-refractivity contribution < 1.29 is 17.9 Å². The molecule has 4 N–H and O–H groups in total. The highest BCUT2D eigenvalue weighted by Gasteiger charge is 2.15. The smallest absolute Gasteiger partial charge is 0.250 e. The van der Waals surface area contributed by atoms with Gasteiger partial charge in [0.05, 0.1) is 25.1 Å². The number of methoxy groups -OCH3 is 2. The zero-order valence-electron chi connectivity index (χ0n) is 14.9. The molecular formula is C16H21ClN4O4S2. The molecule has 0 spiro atoms. The van der Waals surface area contributed by atoms with E-state index in [0.29, 0.717) is 28.9 Å². The van der Waals surface area contributed by atoms with Crippen LogP contribution in [-0.2, 0) is 16.6 Å². The van der Waals surface area contributed by atoms with Crippen LogP contribution in [0, 0.1) is 0 Å². The van der Waals surface area contributed by atoms with E-state index in [4.69, 9.17) is 26.8 Å². The van der Waals surface area contributed by atoms with Gasteiger partial charge < -0.3 is 20.5 Å². The Morgan fingerprint density at radius 2 is 1.93 bits per heavy atom. The van der Waals surface area contributed by atoms with E-state index in [9.17, 15) is 8.42 Å². The summed E-state index contributed by atoms with van der Waals surface area (Å²) < 4.78 is 37.6. The van der Waals surface area contributed by atoms with Crippen LogP contribution < -0.4 is 25.2 Å². The fourth-order valence-corrected chi connectivity index (χ4v) is 4.66. The normalized spacial score (nSPS) is 12.0. The van der Waals surface area contributed by atoms with Crippen LogP contribution >= 0.6 is 22.9 Å². The lowest BCUT2D eigenvalue weighted by Gasteiger charge is -2.09. The van der Waals surface area contributed by atoms with Crippen molar-refractivity contribution >= 4 is 38.9 Å². The maximum atomic E-state index is 12.0. The molecule has 148 valence electrons. The van der Waals surface area contributed by atoms with E-state index < -0.39 is 10.0 Å². The molecule has 8 nitrogen and oxygen atoms in total. The topological polar surface area (TPSA) is 115 Å². The summed E-state index contributed by atoms with van der Waals surface area (Å²) in [6.45, 7) is 0.794. The number of nitrogens with one attached hydrogen (secondary N) is 2. The number of nitrogens with two attached hydrogens (primary N) is 1. The molecule has 0 atom stereocenters. The number of nitrogens with zero attached hydrogens (tertiary/aromatic N) is 1. The number of guanidine groups is 1. The summed E-state index contributed by atoms with van der Waals surface area (Å²) in [5.74, 6) is 1.46. The van der Waals surface area contributed by atoms with Gasteiger partial charge in [-0.3, -0.25) is 0 Å². The quantitative estimate of drug-likeness (QED) is 0.316. The van der Waals surface area contributed by atoms with Crippen molar-refractivity contribution in [2.75, 3.05) is 27.3 Å². The highest BCUT2D eigenvalue weighted by Crippen LogP contribution is 2.27. The molecule has 0 radical (unpaired) electrons. The lowest BCUT2D eigenvalue weighted by molar-refractivity contribution is 0.354. The van der Waals surface area contributed by atoms with Gasteiger partial charge in [-0.15, -0.1) is 11.3 Å². The second kappa shape index (κ2) is 9.79. The Labute approximate surface area is 167 Å². The molecule has 1 heterocycles. The van der Waals surface area contributed by atoms with E-state index in [1.165, 1.54) is 12.1 Å². The minimum absolute atomic E-state index is 0.157. The molecule has 1 aromatic heterocycles. The minimum Gasteiger partial charge on any atom is -0.493 e. The summed E-state index contributed by atoms with van der Waals surface area (Å²) in [7, 11) is -0.440. The molecule has 27 heavy (non-hydrogen) atoms. The van der Waals surface area contributed by atoms with Crippen LogP contribution in [0.5, 0.6) is 11.5 Å². The van der Waals surface area contributed by atoms with Gasteiger partial charge in [0.15, 0.2) is 17.5 Å². The van der Waals surface area contributed by atoms with Gasteiger partial charge in [-0.1, -0.05) is 17.7 Å². The van der Waals surface area contributed by atoms with Crippen LogP contribution in [0.1, 0.15) is 5.56 Å². The summed E-state index contributed by atoms with van der Waals surface area (Å²) in [6, 6.07) is 8.47. The van der Waals surface area contributed by atoms with Crippen LogP contribution in [0.15, 0.2) is 39.5 Å². The fraction of sp³-hybridized carbons (Fsp3) is 0.312. The highest BCUT2D eigenvalue weighted by molar-refractivity contribution is 7.91. The molecule has 0 aliphatic carbocycles. The van der Waals surface area contributed by atoms with E-state index in [1.54, 1.807) is 20.3 Å². The molecule has 0 aliphatic rings. The summed E-state index contributed by atoms with van der Waals surface area (Å²) in [5, 5.41) is 2.86. The Bertz CT molecular complexity index is 900. The third-order valence-corrected chi connectivity index (χ3v) is 6.60. The van der Waals surface area contributed by atoms with Gasteiger partial charge in [-0.2, -0.15) is 0 Å². The third-order valence-electron chi connectivity index (χ3n) is 3.42. The monoisotopic (exact) mass is 432 g/mol. The Kier molecular flexibility index (Phi) is 7.72. The maximum absolute atomic E-state index is 12.0. The van der Waals surface area contributed by atoms with Crippen molar-refractivity contribution in [1.29, 1.82) is 0 Å². The standard InChI is InChI=1S/C16H21ClN4O4S2/c1-24-12-4-3-11(9-13(12)25-2)10-20-16(18)19-7-8-21-27(22,23)15-6-5-14(17)26-15/h3-6,9,21H,7-8,10H2,1-2H3,(H3,18,19,20). The van der Waals surface area contributed by atoms with Gasteiger partial charge in [-0.25, -0.2) is 18.1 Å². The molecule has 0 amide bonds. The van der Waals surface area contributed by atoms with E-state index in [0.717, 1.165) is 16.9 Å². The second-order valence-electron chi connectivity index (χ2n) is 5.27. The average Bonchev–Trinajstić information content (AvgIpc) is 3.10. The number of aliphatic imine (C=N–C) groups is 1. The van der Waals surface area contributed by atoms with Crippen LogP contribution in [0.3, 0.4) is 0 Å². The number of benzene rings is 1. The van der Waals surface area contributed by atoms with Gasteiger partial charge >= 0.3 is 0 Å². The van der Waals surface area contributed by atoms with Crippen LogP contribution in [0.2, 0.25) is 4.34 Å². The molecule has 0 unspecified atom stereocenters. The first-order valence-corrected chi connectivity index (χ1v) is 10.5. The first-order valence-electron chi connectivity index (χ1n) is 7.85. The number of thiophene rings is 1. The first-order chi connectivity index (χ1) is 12.9. The van der Waals surface area contributed by atoms with Crippen LogP contribution in [-0.4, -0.2) is 41.7 Å². The van der Waals surface area contributed by atoms with Crippen LogP contribution in [0.4, 0.5) is 0 Å². The summed E-state index contributed by atoms with van der Waals surface area (Å²) in [4.78, 5) is 4.22. The van der Waals surface area contributed by atoms with Crippen molar-refractivity contribution in [2.24, 2.45) is 10.7 Å². The van der Waals surface area contributed by atoms with Crippen LogP contribution in [0.25, 0.3) is 0 Å². The molecule has 0 saturated carbocycles. The molecule has 2 aromatic rings. The van der Waals surface area contributed by atoms with E-state index in [1.807, 2.05) is 12.1 Å². The van der Waals surface area contributed by atoms with Crippen molar-refractivity contribution in [2.45, 2.75) is 10.8 Å². The minimum atomic E-state index is -3.57. The largest absolute Gasteiger partial charge is 0.493 e. The zero-order chi connectivity index (χ0) is 19.9. The Balaban J connectivity index is 1.81. The number of sulfonamides is 1. The Hall–Kier alpha value is -2.01. The van der Waals surface area contributed by atoms with Gasteiger partial charge in [0.1, 0.15) is 4.21 Å². The average molecular weight is 433 g/mol. The molecule has 0 saturated heterocycles. The Morgan fingerprint density at radius 1 is 1.19 bits per heavy atom. The lowest BCUT2D eigenvalue weighted by Crippen LogP contribution is -2.38. The Morgan fingerprint density at radius 3 is 2.56 bits per heavy atom. The summed E-state index contributed by atoms with van der Waals surface area (Å²) >= 11 is 6.75. The van der Waals surface area contributed by atoms with E-state index in [-0.39, 0.29) is 16.7 Å².